The van der Waals surface area contributed by atoms with Crippen molar-refractivity contribution < 1.29 is 13.2 Å². The molecule has 8 heteroatoms. The first-order valence-corrected chi connectivity index (χ1v) is 13.0. The van der Waals surface area contributed by atoms with Gasteiger partial charge in [0.1, 0.15) is 0 Å². The van der Waals surface area contributed by atoms with E-state index < -0.39 is 9.84 Å². The highest BCUT2D eigenvalue weighted by atomic mass is 35.5. The Morgan fingerprint density at radius 3 is 2.61 bits per heavy atom. The van der Waals surface area contributed by atoms with Crippen LogP contribution in [0.4, 0.5) is 0 Å². The molecule has 0 spiro atoms. The number of fused-ring (bicyclic) bond motifs is 1. The van der Waals surface area contributed by atoms with E-state index in [2.05, 4.69) is 4.99 Å². The second-order valence-corrected chi connectivity index (χ2v) is 11.8. The molecule has 0 unspecified atom stereocenters. The molecule has 5 nitrogen and oxygen atoms in total. The number of halogens is 1. The molecule has 28 heavy (non-hydrogen) atoms. The zero-order chi connectivity index (χ0) is 19.7. The summed E-state index contributed by atoms with van der Waals surface area (Å²) >= 11 is 7.43. The van der Waals surface area contributed by atoms with E-state index in [0.29, 0.717) is 29.1 Å². The summed E-state index contributed by atoms with van der Waals surface area (Å²) in [6.45, 7) is 0.537. The van der Waals surface area contributed by atoms with Crippen molar-refractivity contribution in [3.8, 4) is 0 Å². The van der Waals surface area contributed by atoms with Crippen LogP contribution in [0.2, 0.25) is 5.02 Å². The van der Waals surface area contributed by atoms with Crippen molar-refractivity contribution in [1.82, 2.24) is 4.90 Å². The summed E-state index contributed by atoms with van der Waals surface area (Å²) in [5.41, 5.74) is 1.03. The fraction of sp³-hybridized carbons (Fsp3) is 0.600. The smallest absolute Gasteiger partial charge is 0.248 e. The Bertz CT molecular complexity index is 864. The summed E-state index contributed by atoms with van der Waals surface area (Å²) in [5, 5.41) is 1.30. The first-order valence-electron chi connectivity index (χ1n) is 9.89. The van der Waals surface area contributed by atoms with Crippen molar-refractivity contribution in [3.63, 3.8) is 0 Å². The molecule has 1 amide bonds. The average molecular weight is 441 g/mol. The molecule has 1 aromatic rings. The molecular weight excluding hydrogens is 416 g/mol. The van der Waals surface area contributed by atoms with Gasteiger partial charge in [0.05, 0.1) is 17.5 Å². The number of benzene rings is 1. The number of carbonyl (C=O) groups excluding carboxylic acids is 1. The Hall–Kier alpha value is -1.05. The number of carbonyl (C=O) groups is 1. The van der Waals surface area contributed by atoms with Gasteiger partial charge in [0.2, 0.25) is 5.91 Å². The summed E-state index contributed by atoms with van der Waals surface area (Å²) < 4.78 is 24.2. The number of thioether (sulfide) groups is 1. The molecule has 152 valence electrons. The number of hydrogen-bond donors (Lipinski definition) is 0. The Balaban J connectivity index is 1.49. The normalized spacial score (nSPS) is 28.2. The van der Waals surface area contributed by atoms with Crippen LogP contribution in [-0.2, 0) is 21.2 Å². The standard InChI is InChI=1S/C20H25ClN2O3S2/c21-16-8-5-15(6-9-16)11-23-17-12-28(25,26)13-18(17)27-20(23)22-19(24)10-7-14-3-1-2-4-14/h5-6,8-9,14,17-18H,1-4,7,10-13H2/t17-,18+/m1/s1. The third-order valence-corrected chi connectivity index (χ3v) is 9.40. The van der Waals surface area contributed by atoms with Crippen LogP contribution >= 0.6 is 23.4 Å². The summed E-state index contributed by atoms with van der Waals surface area (Å²) in [6, 6.07) is 7.40. The Morgan fingerprint density at radius 2 is 1.89 bits per heavy atom. The molecule has 1 saturated carbocycles. The first-order chi connectivity index (χ1) is 13.4. The van der Waals surface area contributed by atoms with Gasteiger partial charge in [-0.25, -0.2) is 8.42 Å². The number of amides is 1. The molecule has 1 aliphatic carbocycles. The van der Waals surface area contributed by atoms with Gasteiger partial charge in [-0.2, -0.15) is 4.99 Å². The van der Waals surface area contributed by atoms with E-state index in [1.165, 1.54) is 37.4 Å². The van der Waals surface area contributed by atoms with E-state index in [9.17, 15) is 13.2 Å². The van der Waals surface area contributed by atoms with Crippen LogP contribution in [0.1, 0.15) is 44.1 Å². The highest BCUT2D eigenvalue weighted by Gasteiger charge is 2.48. The molecule has 3 fully saturated rings. The lowest BCUT2D eigenvalue weighted by atomic mass is 10.0. The zero-order valence-electron chi connectivity index (χ0n) is 15.7. The first kappa shape index (κ1) is 20.2. The Labute approximate surface area is 175 Å². The van der Waals surface area contributed by atoms with Gasteiger partial charge in [0, 0.05) is 23.2 Å². The molecule has 2 aliphatic heterocycles. The molecule has 2 atom stereocenters. The minimum atomic E-state index is -3.03. The van der Waals surface area contributed by atoms with Crippen LogP contribution < -0.4 is 0 Å². The lowest BCUT2D eigenvalue weighted by Gasteiger charge is -2.24. The van der Waals surface area contributed by atoms with Crippen molar-refractivity contribution in [1.29, 1.82) is 0 Å². The van der Waals surface area contributed by atoms with Gasteiger partial charge < -0.3 is 4.90 Å². The molecule has 0 N–H and O–H groups in total. The minimum absolute atomic E-state index is 0.0429. The predicted octanol–water partition coefficient (Wildman–Crippen LogP) is 3.91. The van der Waals surface area contributed by atoms with Crippen LogP contribution in [0.3, 0.4) is 0 Å². The molecule has 2 saturated heterocycles. The summed E-state index contributed by atoms with van der Waals surface area (Å²) in [5.74, 6) is 0.871. The molecule has 4 rings (SSSR count). The van der Waals surface area contributed by atoms with E-state index in [1.807, 2.05) is 29.2 Å². The summed E-state index contributed by atoms with van der Waals surface area (Å²) in [6.07, 6.45) is 6.40. The van der Waals surface area contributed by atoms with Gasteiger partial charge in [-0.05, 0) is 30.0 Å². The molecule has 2 heterocycles. The quantitative estimate of drug-likeness (QED) is 0.694. The fourth-order valence-corrected chi connectivity index (χ4v) is 8.49. The number of aliphatic imine (C=N–C) groups is 1. The maximum atomic E-state index is 12.5. The van der Waals surface area contributed by atoms with Crippen LogP contribution in [-0.4, -0.2) is 47.2 Å². The summed E-state index contributed by atoms with van der Waals surface area (Å²) in [4.78, 5) is 18.9. The largest absolute Gasteiger partial charge is 0.342 e. The fourth-order valence-electron chi connectivity index (χ4n) is 4.40. The monoisotopic (exact) mass is 440 g/mol. The van der Waals surface area contributed by atoms with E-state index in [-0.39, 0.29) is 28.7 Å². The zero-order valence-corrected chi connectivity index (χ0v) is 18.1. The molecule has 3 aliphatic rings. The Kier molecular flexibility index (Phi) is 6.04. The van der Waals surface area contributed by atoms with Gasteiger partial charge in [-0.1, -0.05) is 61.2 Å². The van der Waals surface area contributed by atoms with E-state index in [4.69, 9.17) is 11.6 Å². The second-order valence-electron chi connectivity index (χ2n) is 8.03. The predicted molar refractivity (Wildman–Crippen MR) is 114 cm³/mol. The molecule has 0 radical (unpaired) electrons. The van der Waals surface area contributed by atoms with Crippen LogP contribution in [0.5, 0.6) is 0 Å². The maximum absolute atomic E-state index is 12.5. The van der Waals surface area contributed by atoms with Gasteiger partial charge in [-0.15, -0.1) is 0 Å². The van der Waals surface area contributed by atoms with Crippen molar-refractivity contribution in [2.45, 2.75) is 56.4 Å². The third-order valence-electron chi connectivity index (χ3n) is 5.90. The van der Waals surface area contributed by atoms with Gasteiger partial charge in [-0.3, -0.25) is 4.79 Å². The van der Waals surface area contributed by atoms with Gasteiger partial charge in [0.15, 0.2) is 15.0 Å². The highest BCUT2D eigenvalue weighted by molar-refractivity contribution is 8.15. The van der Waals surface area contributed by atoms with Gasteiger partial charge in [0.25, 0.3) is 0 Å². The van der Waals surface area contributed by atoms with E-state index in [0.717, 1.165) is 12.0 Å². The molecule has 0 aromatic heterocycles. The maximum Gasteiger partial charge on any atom is 0.248 e. The second kappa shape index (κ2) is 8.36. The lowest BCUT2D eigenvalue weighted by molar-refractivity contribution is -0.118. The lowest BCUT2D eigenvalue weighted by Crippen LogP contribution is -2.37. The molecular formula is C20H25ClN2O3S2. The van der Waals surface area contributed by atoms with E-state index >= 15 is 0 Å². The average Bonchev–Trinajstić information content (AvgIpc) is 3.32. The van der Waals surface area contributed by atoms with Crippen molar-refractivity contribution in [2.24, 2.45) is 10.9 Å². The van der Waals surface area contributed by atoms with Crippen LogP contribution in [0.15, 0.2) is 29.3 Å². The number of hydrogen-bond acceptors (Lipinski definition) is 4. The highest BCUT2D eigenvalue weighted by Crippen LogP contribution is 2.39. The van der Waals surface area contributed by atoms with Crippen LogP contribution in [0.25, 0.3) is 0 Å². The number of amidine groups is 1. The molecule has 0 bridgehead atoms. The number of nitrogens with zero attached hydrogens (tertiary/aromatic N) is 2. The van der Waals surface area contributed by atoms with Crippen molar-refractivity contribution >= 4 is 44.3 Å². The van der Waals surface area contributed by atoms with Crippen LogP contribution in [0, 0.1) is 5.92 Å². The van der Waals surface area contributed by atoms with Crippen molar-refractivity contribution in [2.75, 3.05) is 11.5 Å². The number of sulfone groups is 1. The van der Waals surface area contributed by atoms with Crippen molar-refractivity contribution in [3.05, 3.63) is 34.9 Å². The SMILES string of the molecule is O=C(CCC1CCCC1)N=C1S[C@H]2CS(=O)(=O)C[C@H]2N1Cc1ccc(Cl)cc1. The number of rotatable bonds is 5. The third kappa shape index (κ3) is 4.74. The molecule has 1 aromatic carbocycles. The van der Waals surface area contributed by atoms with Gasteiger partial charge >= 0.3 is 0 Å². The topological polar surface area (TPSA) is 66.8 Å². The Morgan fingerprint density at radius 1 is 1.18 bits per heavy atom. The summed E-state index contributed by atoms with van der Waals surface area (Å²) in [7, 11) is -3.03. The minimum Gasteiger partial charge on any atom is -0.342 e. The van der Waals surface area contributed by atoms with E-state index in [1.54, 1.807) is 0 Å².